The second-order valence-electron chi connectivity index (χ2n) is 11.6. The molecule has 2 aromatic carbocycles. The Morgan fingerprint density at radius 3 is 2.09 bits per heavy atom. The van der Waals surface area contributed by atoms with Crippen LogP contribution in [0.5, 0.6) is 0 Å². The lowest BCUT2D eigenvalue weighted by Crippen LogP contribution is -2.61. The summed E-state index contributed by atoms with van der Waals surface area (Å²) in [4.78, 5) is 18.9. The fourth-order valence-electron chi connectivity index (χ4n) is 5.22. The summed E-state index contributed by atoms with van der Waals surface area (Å²) in [5.41, 5.74) is 0.127. The Kier molecular flexibility index (Phi) is 11.3. The first-order chi connectivity index (χ1) is 20.5. The van der Waals surface area contributed by atoms with Crippen molar-refractivity contribution in [2.24, 2.45) is 5.41 Å². The summed E-state index contributed by atoms with van der Waals surface area (Å²) in [6.07, 6.45) is -7.87. The number of hydrogen-bond donors (Lipinski definition) is 1. The Hall–Kier alpha value is -2.51. The first-order valence-electron chi connectivity index (χ1n) is 14.2. The monoisotopic (exact) mass is 620 g/mol. The van der Waals surface area contributed by atoms with Crippen molar-refractivity contribution in [1.29, 1.82) is 0 Å². The highest BCUT2D eigenvalue weighted by Crippen LogP contribution is 2.41. The molecule has 0 aromatic heterocycles. The predicted molar refractivity (Wildman–Crippen MR) is 159 cm³/mol. The van der Waals surface area contributed by atoms with Gasteiger partial charge in [0, 0.05) is 30.3 Å². The Balaban J connectivity index is 1.71. The lowest BCUT2D eigenvalue weighted by atomic mass is 9.91. The van der Waals surface area contributed by atoms with Gasteiger partial charge in [0.05, 0.1) is 22.9 Å². The van der Waals surface area contributed by atoms with Crippen LogP contribution in [-0.2, 0) is 38.1 Å². The quantitative estimate of drug-likeness (QED) is 0.158. The number of hydrogen-bond acceptors (Lipinski definition) is 10. The third kappa shape index (κ3) is 7.59. The molecule has 0 radical (unpaired) electrons. The van der Waals surface area contributed by atoms with Gasteiger partial charge in [-0.15, -0.1) is 11.8 Å². The number of alkyl halides is 1. The SMILES string of the molecule is COC1C(=C(OO)c2ccccc2)C(C)OC(OC2C(C)OC(F)C(Sc3ccccc3)C2OC)C1OC(=O)C(C)(C)C. The molecule has 1 N–H and O–H groups in total. The van der Waals surface area contributed by atoms with Gasteiger partial charge in [-0.2, -0.15) is 0 Å². The minimum atomic E-state index is -1.62. The number of thioether (sulfide) groups is 1. The zero-order valence-electron chi connectivity index (χ0n) is 25.5. The average molecular weight is 621 g/mol. The summed E-state index contributed by atoms with van der Waals surface area (Å²) < 4.78 is 51.7. The maximum Gasteiger partial charge on any atom is 0.311 e. The Labute approximate surface area is 256 Å². The summed E-state index contributed by atoms with van der Waals surface area (Å²) in [7, 11) is 2.96. The molecule has 0 aliphatic carbocycles. The van der Waals surface area contributed by atoms with E-state index in [1.54, 1.807) is 58.9 Å². The summed E-state index contributed by atoms with van der Waals surface area (Å²) in [6, 6.07) is 18.4. The van der Waals surface area contributed by atoms with E-state index in [2.05, 4.69) is 0 Å². The third-order valence-corrected chi connectivity index (χ3v) is 8.74. The van der Waals surface area contributed by atoms with E-state index < -0.39 is 65.9 Å². The highest BCUT2D eigenvalue weighted by molar-refractivity contribution is 8.00. The van der Waals surface area contributed by atoms with Gasteiger partial charge in [0.25, 0.3) is 0 Å². The molecule has 43 heavy (non-hydrogen) atoms. The van der Waals surface area contributed by atoms with Crippen LogP contribution in [0.3, 0.4) is 0 Å². The van der Waals surface area contributed by atoms with E-state index in [-0.39, 0.29) is 5.76 Å². The normalized spacial score (nSPS) is 32.6. The fraction of sp³-hybridized carbons (Fsp3) is 0.531. The van der Waals surface area contributed by atoms with Crippen LogP contribution < -0.4 is 0 Å². The van der Waals surface area contributed by atoms with E-state index in [0.717, 1.165) is 4.90 Å². The van der Waals surface area contributed by atoms with Crippen LogP contribution in [0.4, 0.5) is 4.39 Å². The molecule has 9 unspecified atom stereocenters. The standard InChI is InChI=1S/C32H41FO9S/c1-18-22(24(42-35)20-14-10-8-11-15-20)25(36-6)27(41-31(34)32(3,4)5)30(39-18)40-23-19(2)38-29(33)28(26(23)37-7)43-21-16-12-9-13-17-21/h8-19,23,25-30,35H,1-7H3. The number of carbonyl (C=O) groups excluding carboxylic acids is 1. The molecule has 2 aliphatic heterocycles. The Morgan fingerprint density at radius 2 is 1.53 bits per heavy atom. The number of ether oxygens (including phenoxy) is 6. The molecule has 9 nitrogen and oxygen atoms in total. The number of esters is 1. The minimum absolute atomic E-state index is 0.110. The molecule has 9 atom stereocenters. The molecule has 2 saturated heterocycles. The first-order valence-corrected chi connectivity index (χ1v) is 15.1. The topological polar surface area (TPSA) is 102 Å². The van der Waals surface area contributed by atoms with Crippen molar-refractivity contribution in [3.63, 3.8) is 0 Å². The van der Waals surface area contributed by atoms with Gasteiger partial charge < -0.3 is 33.3 Å². The molecule has 2 heterocycles. The third-order valence-electron chi connectivity index (χ3n) is 7.44. The molecular formula is C32H41FO9S. The largest absolute Gasteiger partial charge is 0.453 e. The average Bonchev–Trinajstić information content (AvgIpc) is 2.98. The number of rotatable bonds is 9. The molecule has 11 heteroatoms. The van der Waals surface area contributed by atoms with Crippen LogP contribution in [0.15, 0.2) is 71.1 Å². The Bertz CT molecular complexity index is 1220. The van der Waals surface area contributed by atoms with E-state index >= 15 is 4.39 Å². The van der Waals surface area contributed by atoms with E-state index in [9.17, 15) is 10.1 Å². The zero-order chi connectivity index (χ0) is 31.3. The van der Waals surface area contributed by atoms with Crippen molar-refractivity contribution >= 4 is 23.5 Å². The molecular weight excluding hydrogens is 579 g/mol. The first kappa shape index (κ1) is 33.4. The molecule has 0 saturated carbocycles. The second-order valence-corrected chi connectivity index (χ2v) is 12.8. The van der Waals surface area contributed by atoms with E-state index in [1.807, 2.05) is 36.4 Å². The van der Waals surface area contributed by atoms with Crippen molar-refractivity contribution in [2.45, 2.75) is 94.0 Å². The van der Waals surface area contributed by atoms with Gasteiger partial charge in [-0.3, -0.25) is 4.79 Å². The van der Waals surface area contributed by atoms with Gasteiger partial charge >= 0.3 is 5.97 Å². The van der Waals surface area contributed by atoms with E-state index in [4.69, 9.17) is 33.3 Å². The van der Waals surface area contributed by atoms with Crippen LogP contribution >= 0.6 is 11.8 Å². The van der Waals surface area contributed by atoms with Gasteiger partial charge in [0.1, 0.15) is 18.3 Å². The highest BCUT2D eigenvalue weighted by Gasteiger charge is 2.52. The number of halogens is 1. The van der Waals surface area contributed by atoms with Gasteiger partial charge in [-0.1, -0.05) is 48.5 Å². The van der Waals surface area contributed by atoms with E-state index in [0.29, 0.717) is 11.1 Å². The van der Waals surface area contributed by atoms with Crippen molar-refractivity contribution in [3.05, 3.63) is 71.8 Å². The van der Waals surface area contributed by atoms with Gasteiger partial charge in [-0.05, 0) is 46.8 Å². The predicted octanol–water partition coefficient (Wildman–Crippen LogP) is 5.88. The summed E-state index contributed by atoms with van der Waals surface area (Å²) in [6.45, 7) is 8.64. The number of benzene rings is 2. The summed E-state index contributed by atoms with van der Waals surface area (Å²) >= 11 is 1.29. The maximum atomic E-state index is 15.3. The summed E-state index contributed by atoms with van der Waals surface area (Å²) in [5, 5.41) is 9.23. The highest BCUT2D eigenvalue weighted by atomic mass is 32.2. The molecule has 2 fully saturated rings. The van der Waals surface area contributed by atoms with Crippen LogP contribution in [-0.4, -0.2) is 80.0 Å². The van der Waals surface area contributed by atoms with Crippen LogP contribution in [0.2, 0.25) is 0 Å². The van der Waals surface area contributed by atoms with Crippen molar-refractivity contribution in [3.8, 4) is 0 Å². The Morgan fingerprint density at radius 1 is 0.907 bits per heavy atom. The smallest absolute Gasteiger partial charge is 0.311 e. The van der Waals surface area contributed by atoms with Crippen LogP contribution in [0.1, 0.15) is 40.2 Å². The van der Waals surface area contributed by atoms with Gasteiger partial charge in [0.2, 0.25) is 6.36 Å². The van der Waals surface area contributed by atoms with Gasteiger partial charge in [0.15, 0.2) is 18.2 Å². The lowest BCUT2D eigenvalue weighted by Gasteiger charge is -2.47. The van der Waals surface area contributed by atoms with E-state index in [1.165, 1.54) is 26.0 Å². The van der Waals surface area contributed by atoms with Crippen LogP contribution in [0, 0.1) is 5.41 Å². The molecule has 4 rings (SSSR count). The van der Waals surface area contributed by atoms with Crippen molar-refractivity contribution < 1.29 is 47.8 Å². The maximum absolute atomic E-state index is 15.3. The number of methoxy groups -OCH3 is 2. The summed E-state index contributed by atoms with van der Waals surface area (Å²) in [5.74, 6) is -0.409. The van der Waals surface area contributed by atoms with Crippen molar-refractivity contribution in [1.82, 2.24) is 0 Å². The molecule has 2 aliphatic rings. The van der Waals surface area contributed by atoms with Crippen molar-refractivity contribution in [2.75, 3.05) is 14.2 Å². The molecule has 0 spiro atoms. The second kappa shape index (κ2) is 14.5. The lowest BCUT2D eigenvalue weighted by molar-refractivity contribution is -0.309. The van der Waals surface area contributed by atoms with Gasteiger partial charge in [-0.25, -0.2) is 9.65 Å². The molecule has 236 valence electrons. The minimum Gasteiger partial charge on any atom is -0.453 e. The molecule has 0 amide bonds. The molecule has 0 bridgehead atoms. The van der Waals surface area contributed by atoms with Crippen LogP contribution in [0.25, 0.3) is 5.76 Å². The number of carbonyl (C=O) groups is 1. The molecule has 2 aromatic rings. The zero-order valence-corrected chi connectivity index (χ0v) is 26.3. The fourth-order valence-corrected chi connectivity index (χ4v) is 6.42.